The third kappa shape index (κ3) is 10.2. The molecule has 0 saturated heterocycles. The van der Waals surface area contributed by atoms with Gasteiger partial charge in [0, 0.05) is 41.8 Å². The van der Waals surface area contributed by atoms with E-state index in [1.165, 1.54) is 0 Å². The molecule has 4 aromatic rings. The topological polar surface area (TPSA) is 144 Å². The molecule has 2 N–H and O–H groups in total. The first kappa shape index (κ1) is 33.7. The molecule has 1 aromatic heterocycles. The Hall–Kier alpha value is -5.23. The van der Waals surface area contributed by atoms with Gasteiger partial charge in [-0.2, -0.15) is 0 Å². The number of benzene rings is 3. The minimum Gasteiger partial charge on any atom is -0.484 e. The smallest absolute Gasteiger partial charge is 0.414 e. The Morgan fingerprint density at radius 1 is 0.870 bits per heavy atom. The van der Waals surface area contributed by atoms with E-state index in [1.807, 2.05) is 55.8 Å². The van der Waals surface area contributed by atoms with Gasteiger partial charge < -0.3 is 14.8 Å². The Morgan fingerprint density at radius 3 is 2.17 bits per heavy atom. The fourth-order valence-electron chi connectivity index (χ4n) is 4.39. The van der Waals surface area contributed by atoms with E-state index in [4.69, 9.17) is 9.47 Å². The van der Waals surface area contributed by atoms with E-state index >= 15 is 0 Å². The Labute approximate surface area is 268 Å². The summed E-state index contributed by atoms with van der Waals surface area (Å²) in [6, 6.07) is 26.4. The number of aromatic nitrogens is 1. The minimum absolute atomic E-state index is 0.333. The van der Waals surface area contributed by atoms with Gasteiger partial charge in [0.25, 0.3) is 11.8 Å². The lowest BCUT2D eigenvalue weighted by atomic mass is 9.99. The predicted molar refractivity (Wildman–Crippen MR) is 176 cm³/mol. The van der Waals surface area contributed by atoms with E-state index in [0.717, 1.165) is 17.5 Å². The van der Waals surface area contributed by atoms with Crippen LogP contribution < -0.4 is 19.7 Å². The molecule has 46 heavy (non-hydrogen) atoms. The first-order chi connectivity index (χ1) is 21.8. The summed E-state index contributed by atoms with van der Waals surface area (Å²) in [5, 5.41) is 2.92. The molecule has 12 heteroatoms. The van der Waals surface area contributed by atoms with Gasteiger partial charge in [0.1, 0.15) is 11.4 Å². The standard InChI is InChI=1S/C34H36N4O7S/c1-34(2,3)45-33(41)38(22-20-25-9-7-8-21-35-25)27-16-14-26(15-17-27)36-32(40)30-11-6-5-10-29(30)24-12-18-28(19-13-24)44-23-31(39)37-46(4,42)43/h5-19,21H,20,22-23H2,1-4H3,(H,36,40)(H,37,39). The lowest BCUT2D eigenvalue weighted by molar-refractivity contribution is -0.121. The number of anilines is 2. The number of amides is 3. The van der Waals surface area contributed by atoms with Gasteiger partial charge in [-0.15, -0.1) is 0 Å². The fourth-order valence-corrected chi connectivity index (χ4v) is 4.86. The summed E-state index contributed by atoms with van der Waals surface area (Å²) >= 11 is 0. The second-order valence-electron chi connectivity index (χ2n) is 11.4. The predicted octanol–water partition coefficient (Wildman–Crippen LogP) is 5.44. The van der Waals surface area contributed by atoms with Crippen molar-refractivity contribution in [3.8, 4) is 16.9 Å². The highest BCUT2D eigenvalue weighted by atomic mass is 32.2. The van der Waals surface area contributed by atoms with Crippen molar-refractivity contribution in [3.63, 3.8) is 0 Å². The van der Waals surface area contributed by atoms with Crippen LogP contribution in [0.15, 0.2) is 97.2 Å². The van der Waals surface area contributed by atoms with Crippen molar-refractivity contribution in [1.82, 2.24) is 9.71 Å². The van der Waals surface area contributed by atoms with Crippen LogP contribution >= 0.6 is 0 Å². The maximum Gasteiger partial charge on any atom is 0.414 e. The van der Waals surface area contributed by atoms with Crippen molar-refractivity contribution >= 4 is 39.3 Å². The number of pyridine rings is 1. The molecular weight excluding hydrogens is 608 g/mol. The van der Waals surface area contributed by atoms with Crippen LogP contribution in [-0.4, -0.2) is 56.3 Å². The highest BCUT2D eigenvalue weighted by molar-refractivity contribution is 7.89. The van der Waals surface area contributed by atoms with E-state index in [1.54, 1.807) is 71.8 Å². The number of hydrogen-bond donors (Lipinski definition) is 2. The first-order valence-corrected chi connectivity index (χ1v) is 16.3. The quantitative estimate of drug-likeness (QED) is 0.220. The van der Waals surface area contributed by atoms with Crippen molar-refractivity contribution in [2.75, 3.05) is 29.6 Å². The molecule has 3 aromatic carbocycles. The molecule has 0 radical (unpaired) electrons. The molecule has 0 aliphatic heterocycles. The molecule has 240 valence electrons. The third-order valence-corrected chi connectivity index (χ3v) is 6.97. The van der Waals surface area contributed by atoms with Crippen LogP contribution in [-0.2, 0) is 26.0 Å². The summed E-state index contributed by atoms with van der Waals surface area (Å²) in [5.41, 5.74) is 3.15. The maximum atomic E-state index is 13.4. The Kier molecular flexibility index (Phi) is 10.8. The number of sulfonamides is 1. The van der Waals surface area contributed by atoms with Gasteiger partial charge in [-0.1, -0.05) is 36.4 Å². The molecule has 1 heterocycles. The molecule has 4 rings (SSSR count). The van der Waals surface area contributed by atoms with Gasteiger partial charge in [0.15, 0.2) is 6.61 Å². The van der Waals surface area contributed by atoms with Crippen LogP contribution in [0.2, 0.25) is 0 Å². The van der Waals surface area contributed by atoms with Gasteiger partial charge in [-0.05, 0) is 86.5 Å². The normalized spacial score (nSPS) is 11.3. The van der Waals surface area contributed by atoms with Crippen LogP contribution in [0.4, 0.5) is 16.2 Å². The zero-order chi connectivity index (χ0) is 33.3. The summed E-state index contributed by atoms with van der Waals surface area (Å²) in [5.74, 6) is -0.765. The minimum atomic E-state index is -3.67. The number of ether oxygens (including phenoxy) is 2. The first-order valence-electron chi connectivity index (χ1n) is 14.4. The van der Waals surface area contributed by atoms with Crippen molar-refractivity contribution in [1.29, 1.82) is 0 Å². The van der Waals surface area contributed by atoms with E-state index in [2.05, 4.69) is 10.3 Å². The Morgan fingerprint density at radius 2 is 1.54 bits per heavy atom. The number of carbonyl (C=O) groups is 3. The van der Waals surface area contributed by atoms with Gasteiger partial charge in [-0.3, -0.25) is 24.2 Å². The molecule has 0 aliphatic carbocycles. The van der Waals surface area contributed by atoms with Crippen LogP contribution in [0.1, 0.15) is 36.8 Å². The van der Waals surface area contributed by atoms with E-state index in [9.17, 15) is 22.8 Å². The summed E-state index contributed by atoms with van der Waals surface area (Å²) < 4.78 is 35.2. The average Bonchev–Trinajstić information content (AvgIpc) is 3.00. The largest absolute Gasteiger partial charge is 0.484 e. The zero-order valence-corrected chi connectivity index (χ0v) is 26.8. The third-order valence-electron chi connectivity index (χ3n) is 6.37. The summed E-state index contributed by atoms with van der Waals surface area (Å²) in [6.07, 6.45) is 2.64. The van der Waals surface area contributed by atoms with E-state index in [0.29, 0.717) is 41.2 Å². The van der Waals surface area contributed by atoms with Crippen LogP contribution in [0.5, 0.6) is 5.75 Å². The number of nitrogens with zero attached hydrogens (tertiary/aromatic N) is 2. The lowest BCUT2D eigenvalue weighted by Gasteiger charge is -2.27. The fraction of sp³-hybridized carbons (Fsp3) is 0.235. The monoisotopic (exact) mass is 644 g/mol. The molecule has 0 fully saturated rings. The second-order valence-corrected chi connectivity index (χ2v) is 13.1. The number of nitrogens with one attached hydrogen (secondary N) is 2. The maximum absolute atomic E-state index is 13.4. The molecule has 0 unspecified atom stereocenters. The number of carbonyl (C=O) groups excluding carboxylic acids is 3. The van der Waals surface area contributed by atoms with Gasteiger partial charge >= 0.3 is 6.09 Å². The second kappa shape index (κ2) is 14.7. The van der Waals surface area contributed by atoms with Crippen LogP contribution in [0, 0.1) is 0 Å². The van der Waals surface area contributed by atoms with E-state index < -0.39 is 34.2 Å². The van der Waals surface area contributed by atoms with Crippen LogP contribution in [0.25, 0.3) is 11.1 Å². The Bertz CT molecular complexity index is 1770. The highest BCUT2D eigenvalue weighted by Gasteiger charge is 2.24. The molecule has 0 saturated carbocycles. The van der Waals surface area contributed by atoms with Crippen molar-refractivity contribution in [3.05, 3.63) is 108 Å². The number of hydrogen-bond acceptors (Lipinski definition) is 8. The highest BCUT2D eigenvalue weighted by Crippen LogP contribution is 2.27. The summed E-state index contributed by atoms with van der Waals surface area (Å²) in [4.78, 5) is 44.1. The SMILES string of the molecule is CC(C)(C)OC(=O)N(CCc1ccccn1)c1ccc(NC(=O)c2ccccc2-c2ccc(OCC(=O)NS(C)(=O)=O)cc2)cc1. The van der Waals surface area contributed by atoms with Crippen molar-refractivity contribution in [2.45, 2.75) is 32.8 Å². The zero-order valence-electron chi connectivity index (χ0n) is 26.0. The van der Waals surface area contributed by atoms with Gasteiger partial charge in [0.2, 0.25) is 10.0 Å². The summed E-state index contributed by atoms with van der Waals surface area (Å²) in [6.45, 7) is 5.31. The molecule has 3 amide bonds. The molecule has 11 nitrogen and oxygen atoms in total. The number of rotatable bonds is 11. The molecule has 0 atom stereocenters. The van der Waals surface area contributed by atoms with Gasteiger partial charge in [0.05, 0.1) is 6.26 Å². The van der Waals surface area contributed by atoms with Crippen LogP contribution in [0.3, 0.4) is 0 Å². The van der Waals surface area contributed by atoms with Gasteiger partial charge in [-0.25, -0.2) is 13.2 Å². The molecule has 0 aliphatic rings. The van der Waals surface area contributed by atoms with Crippen molar-refractivity contribution < 1.29 is 32.3 Å². The molecule has 0 bridgehead atoms. The molecule has 0 spiro atoms. The summed E-state index contributed by atoms with van der Waals surface area (Å²) in [7, 11) is -3.67. The Balaban J connectivity index is 1.45. The lowest BCUT2D eigenvalue weighted by Crippen LogP contribution is -2.38. The molecular formula is C34H36N4O7S. The van der Waals surface area contributed by atoms with E-state index in [-0.39, 0.29) is 5.91 Å². The average molecular weight is 645 g/mol. The van der Waals surface area contributed by atoms with Crippen molar-refractivity contribution in [2.24, 2.45) is 0 Å².